The maximum atomic E-state index is 11.7. The van der Waals surface area contributed by atoms with E-state index in [-0.39, 0.29) is 0 Å². The number of likely N-dealkylation sites (N-methyl/N-ethyl adjacent to an activating group) is 1. The molecular formula is C25H27NO3S2. The summed E-state index contributed by atoms with van der Waals surface area (Å²) in [6.07, 6.45) is 2.21. The predicted molar refractivity (Wildman–Crippen MR) is 126 cm³/mol. The van der Waals surface area contributed by atoms with E-state index in [0.29, 0.717) is 10.8 Å². The number of fused-ring (bicyclic) bond motifs is 1. The summed E-state index contributed by atoms with van der Waals surface area (Å²) < 4.78 is 29.3. The Morgan fingerprint density at radius 3 is 2.39 bits per heavy atom. The van der Waals surface area contributed by atoms with Gasteiger partial charge in [0.1, 0.15) is 5.75 Å². The zero-order valence-electron chi connectivity index (χ0n) is 18.0. The molecule has 0 N–H and O–H groups in total. The second-order valence-electron chi connectivity index (χ2n) is 8.02. The van der Waals surface area contributed by atoms with Crippen molar-refractivity contribution >= 4 is 21.6 Å². The fourth-order valence-electron chi connectivity index (χ4n) is 4.06. The molecule has 1 aliphatic heterocycles. The topological polar surface area (TPSA) is 46.6 Å². The van der Waals surface area contributed by atoms with Crippen LogP contribution in [0.5, 0.6) is 5.75 Å². The van der Waals surface area contributed by atoms with E-state index in [2.05, 4.69) is 54.4 Å². The minimum absolute atomic E-state index is 0.297. The Bertz CT molecular complexity index is 1160. The van der Waals surface area contributed by atoms with E-state index in [1.54, 1.807) is 31.0 Å². The second kappa shape index (κ2) is 9.07. The summed E-state index contributed by atoms with van der Waals surface area (Å²) in [5.41, 5.74) is 3.98. The van der Waals surface area contributed by atoms with Gasteiger partial charge in [-0.15, -0.1) is 0 Å². The molecular weight excluding hydrogens is 426 g/mol. The predicted octanol–water partition coefficient (Wildman–Crippen LogP) is 4.87. The van der Waals surface area contributed by atoms with Crippen LogP contribution in [0.2, 0.25) is 0 Å². The van der Waals surface area contributed by atoms with E-state index >= 15 is 0 Å². The van der Waals surface area contributed by atoms with Gasteiger partial charge in [-0.2, -0.15) is 0 Å². The van der Waals surface area contributed by atoms with Gasteiger partial charge < -0.3 is 9.64 Å². The molecule has 0 radical (unpaired) electrons. The van der Waals surface area contributed by atoms with E-state index in [0.717, 1.165) is 35.1 Å². The summed E-state index contributed by atoms with van der Waals surface area (Å²) in [7, 11) is 0.688. The Morgan fingerprint density at radius 2 is 1.74 bits per heavy atom. The van der Waals surface area contributed by atoms with Crippen LogP contribution in [0.4, 0.5) is 0 Å². The van der Waals surface area contributed by atoms with Crippen molar-refractivity contribution in [3.8, 4) is 5.75 Å². The lowest BCUT2D eigenvalue weighted by atomic mass is 9.88. The van der Waals surface area contributed by atoms with Gasteiger partial charge >= 0.3 is 0 Å². The molecule has 0 saturated carbocycles. The van der Waals surface area contributed by atoms with Crippen LogP contribution in [0.3, 0.4) is 0 Å². The third-order valence-electron chi connectivity index (χ3n) is 5.74. The summed E-state index contributed by atoms with van der Waals surface area (Å²) in [4.78, 5) is 4.75. The number of hydrogen-bond donors (Lipinski definition) is 0. The fraction of sp³-hybridized carbons (Fsp3) is 0.280. The highest BCUT2D eigenvalue weighted by Crippen LogP contribution is 2.41. The summed E-state index contributed by atoms with van der Waals surface area (Å²) in [5, 5.41) is 0. The summed E-state index contributed by atoms with van der Waals surface area (Å²) in [6.45, 7) is 1.98. The van der Waals surface area contributed by atoms with Crippen molar-refractivity contribution in [3.05, 3.63) is 83.4 Å². The molecule has 0 saturated heterocycles. The van der Waals surface area contributed by atoms with Crippen LogP contribution in [0, 0.1) is 0 Å². The molecule has 6 heteroatoms. The first-order chi connectivity index (χ1) is 14.8. The van der Waals surface area contributed by atoms with E-state index in [1.807, 2.05) is 12.1 Å². The Balaban J connectivity index is 1.71. The Morgan fingerprint density at radius 1 is 1.03 bits per heavy atom. The van der Waals surface area contributed by atoms with Gasteiger partial charge in [-0.25, -0.2) is 8.42 Å². The van der Waals surface area contributed by atoms with Gasteiger partial charge in [-0.1, -0.05) is 42.1 Å². The van der Waals surface area contributed by atoms with Gasteiger partial charge in [0.2, 0.25) is 0 Å². The van der Waals surface area contributed by atoms with Gasteiger partial charge in [0.05, 0.1) is 16.9 Å². The van der Waals surface area contributed by atoms with Crippen LogP contribution in [0.25, 0.3) is 0 Å². The molecule has 1 unspecified atom stereocenters. The number of ether oxygens (including phenoxy) is 1. The highest BCUT2D eigenvalue weighted by molar-refractivity contribution is 7.99. The summed E-state index contributed by atoms with van der Waals surface area (Å²) in [6, 6.07) is 22.1. The molecule has 0 aliphatic carbocycles. The van der Waals surface area contributed by atoms with Gasteiger partial charge in [0.15, 0.2) is 9.84 Å². The monoisotopic (exact) mass is 453 g/mol. The number of nitrogens with zero attached hydrogens (tertiary/aromatic N) is 1. The van der Waals surface area contributed by atoms with Gasteiger partial charge in [0.25, 0.3) is 0 Å². The average molecular weight is 454 g/mol. The summed E-state index contributed by atoms with van der Waals surface area (Å²) >= 11 is 1.60. The van der Waals surface area contributed by atoms with Crippen LogP contribution in [0.1, 0.15) is 22.6 Å². The van der Waals surface area contributed by atoms with Crippen molar-refractivity contribution in [1.82, 2.24) is 4.90 Å². The van der Waals surface area contributed by atoms with Crippen molar-refractivity contribution in [2.24, 2.45) is 0 Å². The molecule has 162 valence electrons. The zero-order chi connectivity index (χ0) is 22.0. The smallest absolute Gasteiger partial charge is 0.175 e. The largest absolute Gasteiger partial charge is 0.496 e. The standard InChI is InChI=1S/C25H27NO3S2/c1-26-14-13-19-15-25(30-20-9-11-21(12-10-20)31(3,27)28)24(29-2)16-22(19)23(17-26)18-7-5-4-6-8-18/h4-12,15-16,23H,13-14,17H2,1-3H3. The number of methoxy groups -OCH3 is 1. The van der Waals surface area contributed by atoms with Crippen LogP contribution in [-0.2, 0) is 16.3 Å². The summed E-state index contributed by atoms with van der Waals surface area (Å²) in [5.74, 6) is 1.15. The molecule has 0 fully saturated rings. The van der Waals surface area contributed by atoms with Gasteiger partial charge in [0, 0.05) is 30.2 Å². The zero-order valence-corrected chi connectivity index (χ0v) is 19.7. The maximum Gasteiger partial charge on any atom is 0.175 e. The molecule has 0 spiro atoms. The molecule has 4 rings (SSSR count). The molecule has 3 aromatic rings. The van der Waals surface area contributed by atoms with E-state index in [1.165, 1.54) is 22.9 Å². The van der Waals surface area contributed by atoms with Crippen molar-refractivity contribution in [3.63, 3.8) is 0 Å². The van der Waals surface area contributed by atoms with Crippen LogP contribution >= 0.6 is 11.8 Å². The van der Waals surface area contributed by atoms with Crippen LogP contribution in [-0.4, -0.2) is 46.8 Å². The number of hydrogen-bond acceptors (Lipinski definition) is 5. The molecule has 1 aliphatic rings. The first-order valence-electron chi connectivity index (χ1n) is 10.3. The molecule has 1 heterocycles. The first-order valence-corrected chi connectivity index (χ1v) is 13.0. The van der Waals surface area contributed by atoms with Crippen LogP contribution < -0.4 is 4.74 Å². The van der Waals surface area contributed by atoms with Crippen molar-refractivity contribution in [1.29, 1.82) is 0 Å². The highest BCUT2D eigenvalue weighted by Gasteiger charge is 2.25. The van der Waals surface area contributed by atoms with Gasteiger partial charge in [-0.05, 0) is 66.6 Å². The molecule has 0 amide bonds. The minimum atomic E-state index is -3.20. The SMILES string of the molecule is COc1cc2c(cc1Sc1ccc(S(C)(=O)=O)cc1)CCN(C)CC2c1ccccc1. The van der Waals surface area contributed by atoms with E-state index < -0.39 is 9.84 Å². The van der Waals surface area contributed by atoms with Crippen molar-refractivity contribution < 1.29 is 13.2 Å². The Kier molecular flexibility index (Phi) is 6.42. The molecule has 0 bridgehead atoms. The first kappa shape index (κ1) is 21.9. The van der Waals surface area contributed by atoms with E-state index in [9.17, 15) is 8.42 Å². The van der Waals surface area contributed by atoms with Crippen LogP contribution in [0.15, 0.2) is 81.4 Å². The molecule has 31 heavy (non-hydrogen) atoms. The lowest BCUT2D eigenvalue weighted by Crippen LogP contribution is -2.24. The number of rotatable bonds is 5. The number of benzene rings is 3. The van der Waals surface area contributed by atoms with Crippen molar-refractivity contribution in [2.45, 2.75) is 27.0 Å². The second-order valence-corrected chi connectivity index (χ2v) is 11.2. The maximum absolute atomic E-state index is 11.7. The molecule has 1 atom stereocenters. The molecule has 0 aromatic heterocycles. The quantitative estimate of drug-likeness (QED) is 0.552. The van der Waals surface area contributed by atoms with Gasteiger partial charge in [-0.3, -0.25) is 0 Å². The molecule has 3 aromatic carbocycles. The fourth-order valence-corrected chi connectivity index (χ4v) is 5.66. The highest BCUT2D eigenvalue weighted by atomic mass is 32.2. The Labute approximate surface area is 189 Å². The Hall–Kier alpha value is -2.28. The third-order valence-corrected chi connectivity index (χ3v) is 7.91. The third kappa shape index (κ3) is 4.97. The van der Waals surface area contributed by atoms with Crippen molar-refractivity contribution in [2.75, 3.05) is 33.5 Å². The molecule has 4 nitrogen and oxygen atoms in total. The normalized spacial score (nSPS) is 17.1. The average Bonchev–Trinajstić information content (AvgIpc) is 2.92. The minimum Gasteiger partial charge on any atom is -0.496 e. The van der Waals surface area contributed by atoms with E-state index in [4.69, 9.17) is 4.74 Å². The number of sulfone groups is 1. The lowest BCUT2D eigenvalue weighted by molar-refractivity contribution is 0.338. The lowest BCUT2D eigenvalue weighted by Gasteiger charge is -2.23.